The lowest BCUT2D eigenvalue weighted by Gasteiger charge is -2.41. The van der Waals surface area contributed by atoms with Crippen LogP contribution >= 0.6 is 11.6 Å². The fourth-order valence-electron chi connectivity index (χ4n) is 4.24. The Labute approximate surface area is 200 Å². The van der Waals surface area contributed by atoms with Crippen LogP contribution in [0, 0.1) is 12.7 Å². The van der Waals surface area contributed by atoms with Crippen LogP contribution in [0.5, 0.6) is 0 Å². The van der Waals surface area contributed by atoms with Crippen LogP contribution in [0.2, 0.25) is 5.02 Å². The molecule has 3 aromatic carbocycles. The van der Waals surface area contributed by atoms with Crippen LogP contribution in [-0.2, 0) is 13.1 Å². The van der Waals surface area contributed by atoms with Crippen LogP contribution in [0.3, 0.4) is 0 Å². The molecule has 0 saturated carbocycles. The lowest BCUT2D eigenvalue weighted by atomic mass is 10.1. The number of rotatable bonds is 6. The van der Waals surface area contributed by atoms with E-state index in [1.165, 1.54) is 17.8 Å². The van der Waals surface area contributed by atoms with E-state index in [9.17, 15) is 9.18 Å². The molecule has 0 aromatic heterocycles. The summed E-state index contributed by atoms with van der Waals surface area (Å²) in [5, 5.41) is 3.58. The Morgan fingerprint density at radius 1 is 1.03 bits per heavy atom. The van der Waals surface area contributed by atoms with Gasteiger partial charge in [0.2, 0.25) is 0 Å². The summed E-state index contributed by atoms with van der Waals surface area (Å²) in [6.07, 6.45) is 0. The van der Waals surface area contributed by atoms with E-state index in [2.05, 4.69) is 46.3 Å². The van der Waals surface area contributed by atoms with Crippen LogP contribution in [0.25, 0.3) is 0 Å². The summed E-state index contributed by atoms with van der Waals surface area (Å²) in [5.41, 5.74) is 4.77. The van der Waals surface area contributed by atoms with E-state index in [0.29, 0.717) is 23.2 Å². The zero-order valence-corrected chi connectivity index (χ0v) is 19.8. The maximum absolute atomic E-state index is 13.2. The molecule has 1 atom stereocenters. The van der Waals surface area contributed by atoms with E-state index >= 15 is 0 Å². The number of anilines is 1. The average molecular weight is 466 g/mol. The summed E-state index contributed by atoms with van der Waals surface area (Å²) in [4.78, 5) is 17.3. The van der Waals surface area contributed by atoms with Crippen molar-refractivity contribution >= 4 is 23.2 Å². The van der Waals surface area contributed by atoms with Crippen LogP contribution in [0.15, 0.2) is 66.7 Å². The Kier molecular flexibility index (Phi) is 7.31. The minimum absolute atomic E-state index is 0.120. The minimum atomic E-state index is -0.195. The molecule has 1 unspecified atom stereocenters. The fraction of sp³-hybridized carbons (Fsp3) is 0.296. The van der Waals surface area contributed by atoms with Gasteiger partial charge in [-0.25, -0.2) is 4.39 Å². The lowest BCUT2D eigenvalue weighted by Crippen LogP contribution is -2.51. The molecule has 1 amide bonds. The molecule has 3 aromatic rings. The SMILES string of the molecule is Cc1c(Cl)cccc1C(=O)NCc1ccc(N2CCN(Cc3ccc(F)cc3)C(C)C2)cc1. The summed E-state index contributed by atoms with van der Waals surface area (Å²) in [6, 6.07) is 20.9. The van der Waals surface area contributed by atoms with Crippen molar-refractivity contribution in [1.29, 1.82) is 0 Å². The first-order chi connectivity index (χ1) is 15.9. The first-order valence-corrected chi connectivity index (χ1v) is 11.6. The highest BCUT2D eigenvalue weighted by molar-refractivity contribution is 6.31. The highest BCUT2D eigenvalue weighted by Crippen LogP contribution is 2.22. The summed E-state index contributed by atoms with van der Waals surface area (Å²) >= 11 is 6.13. The molecule has 1 heterocycles. The number of halogens is 2. The molecule has 1 aliphatic heterocycles. The Balaban J connectivity index is 1.30. The maximum atomic E-state index is 13.2. The Morgan fingerprint density at radius 3 is 2.42 bits per heavy atom. The number of hydrogen-bond donors (Lipinski definition) is 1. The number of hydrogen-bond acceptors (Lipinski definition) is 3. The van der Waals surface area contributed by atoms with Crippen molar-refractivity contribution in [3.63, 3.8) is 0 Å². The number of carbonyl (C=O) groups excluding carboxylic acids is 1. The molecule has 0 aliphatic carbocycles. The Hall–Kier alpha value is -2.89. The smallest absolute Gasteiger partial charge is 0.251 e. The molecular weight excluding hydrogens is 437 g/mol. The molecule has 172 valence electrons. The van der Waals surface area contributed by atoms with E-state index in [0.717, 1.165) is 42.9 Å². The fourth-order valence-corrected chi connectivity index (χ4v) is 4.42. The second-order valence-corrected chi connectivity index (χ2v) is 9.06. The van der Waals surface area contributed by atoms with Gasteiger partial charge in [0.15, 0.2) is 0 Å². The minimum Gasteiger partial charge on any atom is -0.369 e. The van der Waals surface area contributed by atoms with Crippen molar-refractivity contribution in [3.05, 3.63) is 99.8 Å². The van der Waals surface area contributed by atoms with Crippen LogP contribution < -0.4 is 10.2 Å². The highest BCUT2D eigenvalue weighted by Gasteiger charge is 2.24. The van der Waals surface area contributed by atoms with Gasteiger partial charge in [0, 0.05) is 55.0 Å². The van der Waals surface area contributed by atoms with Gasteiger partial charge in [-0.1, -0.05) is 41.9 Å². The number of nitrogens with zero attached hydrogens (tertiary/aromatic N) is 2. The molecule has 1 saturated heterocycles. The molecule has 1 aliphatic rings. The predicted molar refractivity (Wildman–Crippen MR) is 132 cm³/mol. The van der Waals surface area contributed by atoms with Gasteiger partial charge in [-0.2, -0.15) is 0 Å². The molecule has 6 heteroatoms. The molecule has 1 N–H and O–H groups in total. The lowest BCUT2D eigenvalue weighted by molar-refractivity contribution is 0.0950. The van der Waals surface area contributed by atoms with Crippen LogP contribution in [0.4, 0.5) is 10.1 Å². The van der Waals surface area contributed by atoms with Gasteiger partial charge < -0.3 is 10.2 Å². The monoisotopic (exact) mass is 465 g/mol. The van der Waals surface area contributed by atoms with Crippen molar-refractivity contribution in [2.75, 3.05) is 24.5 Å². The second kappa shape index (κ2) is 10.4. The molecule has 4 rings (SSSR count). The van der Waals surface area contributed by atoms with E-state index in [1.807, 2.05) is 19.1 Å². The molecular formula is C27H29ClFN3O. The molecule has 33 heavy (non-hydrogen) atoms. The van der Waals surface area contributed by atoms with E-state index in [1.54, 1.807) is 18.2 Å². The van der Waals surface area contributed by atoms with Crippen molar-refractivity contribution in [3.8, 4) is 0 Å². The molecule has 0 radical (unpaired) electrons. The van der Waals surface area contributed by atoms with Crippen molar-refractivity contribution < 1.29 is 9.18 Å². The quantitative estimate of drug-likeness (QED) is 0.527. The number of piperazine rings is 1. The van der Waals surface area contributed by atoms with E-state index < -0.39 is 0 Å². The topological polar surface area (TPSA) is 35.6 Å². The summed E-state index contributed by atoms with van der Waals surface area (Å²) in [6.45, 7) is 8.22. The normalized spacial score (nSPS) is 16.6. The Morgan fingerprint density at radius 2 is 1.73 bits per heavy atom. The highest BCUT2D eigenvalue weighted by atomic mass is 35.5. The molecule has 1 fully saturated rings. The van der Waals surface area contributed by atoms with Gasteiger partial charge in [-0.3, -0.25) is 9.69 Å². The predicted octanol–water partition coefficient (Wildman–Crippen LogP) is 5.43. The van der Waals surface area contributed by atoms with Gasteiger partial charge in [-0.15, -0.1) is 0 Å². The standard InChI is InChI=1S/C27H29ClFN3O/c1-19-17-32(15-14-31(19)18-22-6-10-23(29)11-7-22)24-12-8-21(9-13-24)16-30-27(33)25-4-3-5-26(28)20(25)2/h3-13,19H,14-18H2,1-2H3,(H,30,33). The molecule has 0 spiro atoms. The number of benzene rings is 3. The molecule has 4 nitrogen and oxygen atoms in total. The van der Waals surface area contributed by atoms with Gasteiger partial charge in [0.1, 0.15) is 5.82 Å². The third-order valence-electron chi connectivity index (χ3n) is 6.33. The van der Waals surface area contributed by atoms with Crippen molar-refractivity contribution in [2.45, 2.75) is 33.0 Å². The number of nitrogens with one attached hydrogen (secondary N) is 1. The summed E-state index contributed by atoms with van der Waals surface area (Å²) < 4.78 is 13.2. The van der Waals surface area contributed by atoms with Gasteiger partial charge in [0.25, 0.3) is 5.91 Å². The van der Waals surface area contributed by atoms with Crippen LogP contribution in [0.1, 0.15) is 34.0 Å². The zero-order valence-electron chi connectivity index (χ0n) is 19.0. The van der Waals surface area contributed by atoms with E-state index in [-0.39, 0.29) is 11.7 Å². The maximum Gasteiger partial charge on any atom is 0.251 e. The number of amides is 1. The Bertz CT molecular complexity index is 1100. The second-order valence-electron chi connectivity index (χ2n) is 8.65. The third kappa shape index (κ3) is 5.73. The third-order valence-corrected chi connectivity index (χ3v) is 6.74. The first-order valence-electron chi connectivity index (χ1n) is 11.3. The molecule has 0 bridgehead atoms. The zero-order chi connectivity index (χ0) is 23.4. The van der Waals surface area contributed by atoms with E-state index in [4.69, 9.17) is 11.6 Å². The summed E-state index contributed by atoms with van der Waals surface area (Å²) in [7, 11) is 0. The van der Waals surface area contributed by atoms with Crippen molar-refractivity contribution in [2.24, 2.45) is 0 Å². The van der Waals surface area contributed by atoms with Gasteiger partial charge in [-0.05, 0) is 66.9 Å². The van der Waals surface area contributed by atoms with Crippen LogP contribution in [-0.4, -0.2) is 36.5 Å². The largest absolute Gasteiger partial charge is 0.369 e. The number of carbonyl (C=O) groups is 1. The first kappa shape index (κ1) is 23.3. The van der Waals surface area contributed by atoms with Crippen molar-refractivity contribution in [1.82, 2.24) is 10.2 Å². The van der Waals surface area contributed by atoms with Gasteiger partial charge >= 0.3 is 0 Å². The summed E-state index contributed by atoms with van der Waals surface area (Å²) in [5.74, 6) is -0.315. The van der Waals surface area contributed by atoms with Gasteiger partial charge in [0.05, 0.1) is 0 Å². The average Bonchev–Trinajstić information content (AvgIpc) is 2.82.